The van der Waals surface area contributed by atoms with Gasteiger partial charge >= 0.3 is 11.9 Å². The molecule has 0 saturated carbocycles. The number of aromatic nitrogens is 2. The summed E-state index contributed by atoms with van der Waals surface area (Å²) in [6.07, 6.45) is 0. The van der Waals surface area contributed by atoms with Gasteiger partial charge in [-0.15, -0.1) is 5.10 Å². The van der Waals surface area contributed by atoms with Crippen molar-refractivity contribution in [2.45, 2.75) is 17.0 Å². The lowest BCUT2D eigenvalue weighted by atomic mass is 10.2. The Hall–Kier alpha value is -2.04. The van der Waals surface area contributed by atoms with E-state index in [2.05, 4.69) is 10.2 Å². The molecule has 0 N–H and O–H groups in total. The van der Waals surface area contributed by atoms with Crippen molar-refractivity contribution >= 4 is 29.3 Å². The molecule has 20 heavy (non-hydrogen) atoms. The number of nitrogens with zero attached hydrogens (tertiary/aromatic N) is 3. The van der Waals surface area contributed by atoms with Gasteiger partial charge in [0.25, 0.3) is 5.22 Å². The predicted octanol–water partition coefficient (Wildman–Crippen LogP) is 2.92. The summed E-state index contributed by atoms with van der Waals surface area (Å²) in [5.74, 6) is -0.898. The SMILES string of the molecule is CCOC(=O)c1nnc(Sc2ccc(Cl)cc2C#N)o1. The van der Waals surface area contributed by atoms with Crippen LogP contribution in [0.15, 0.2) is 32.7 Å². The molecular formula is C12H8ClN3O3S. The molecule has 0 aliphatic heterocycles. The minimum Gasteiger partial charge on any atom is -0.459 e. The summed E-state index contributed by atoms with van der Waals surface area (Å²) < 4.78 is 9.89. The van der Waals surface area contributed by atoms with Crippen molar-refractivity contribution in [1.29, 1.82) is 5.26 Å². The minimum absolute atomic E-state index is 0.145. The molecule has 2 aromatic rings. The van der Waals surface area contributed by atoms with E-state index < -0.39 is 5.97 Å². The highest BCUT2D eigenvalue weighted by Gasteiger charge is 2.17. The Morgan fingerprint density at radius 3 is 3.05 bits per heavy atom. The van der Waals surface area contributed by atoms with Crippen LogP contribution in [0.4, 0.5) is 0 Å². The standard InChI is InChI=1S/C12H8ClN3O3S/c1-2-18-11(17)10-15-16-12(19-10)20-9-4-3-8(13)5-7(9)6-14/h3-5H,2H2,1H3. The summed E-state index contributed by atoms with van der Waals surface area (Å²) in [6.45, 7) is 1.90. The zero-order chi connectivity index (χ0) is 14.5. The highest BCUT2D eigenvalue weighted by molar-refractivity contribution is 7.99. The van der Waals surface area contributed by atoms with Gasteiger partial charge in [-0.25, -0.2) is 4.79 Å². The Kier molecular flexibility index (Phi) is 4.61. The van der Waals surface area contributed by atoms with Crippen molar-refractivity contribution in [3.05, 3.63) is 34.7 Å². The van der Waals surface area contributed by atoms with E-state index in [1.165, 1.54) is 6.07 Å². The van der Waals surface area contributed by atoms with Gasteiger partial charge < -0.3 is 9.15 Å². The van der Waals surface area contributed by atoms with Gasteiger partial charge in [-0.1, -0.05) is 16.7 Å². The number of halogens is 1. The van der Waals surface area contributed by atoms with E-state index in [0.717, 1.165) is 11.8 Å². The van der Waals surface area contributed by atoms with E-state index in [-0.39, 0.29) is 17.7 Å². The first-order valence-electron chi connectivity index (χ1n) is 5.52. The van der Waals surface area contributed by atoms with Gasteiger partial charge in [0.15, 0.2) is 0 Å². The van der Waals surface area contributed by atoms with Gasteiger partial charge in [-0.05, 0) is 36.9 Å². The maximum atomic E-state index is 11.4. The molecule has 0 spiro atoms. The monoisotopic (exact) mass is 309 g/mol. The Morgan fingerprint density at radius 1 is 1.55 bits per heavy atom. The first-order valence-corrected chi connectivity index (χ1v) is 6.71. The van der Waals surface area contributed by atoms with Crippen LogP contribution in [0.25, 0.3) is 0 Å². The van der Waals surface area contributed by atoms with Crippen LogP contribution in [-0.4, -0.2) is 22.8 Å². The third-order valence-electron chi connectivity index (χ3n) is 2.12. The van der Waals surface area contributed by atoms with Crippen LogP contribution in [0, 0.1) is 11.3 Å². The number of nitriles is 1. The van der Waals surface area contributed by atoms with Gasteiger partial charge in [-0.3, -0.25) is 0 Å². The highest BCUT2D eigenvalue weighted by atomic mass is 35.5. The Morgan fingerprint density at radius 2 is 2.35 bits per heavy atom. The van der Waals surface area contributed by atoms with E-state index in [4.69, 9.17) is 26.0 Å². The molecule has 1 heterocycles. The van der Waals surface area contributed by atoms with E-state index in [0.29, 0.717) is 15.5 Å². The quantitative estimate of drug-likeness (QED) is 0.802. The summed E-state index contributed by atoms with van der Waals surface area (Å²) in [7, 11) is 0. The number of rotatable bonds is 4. The van der Waals surface area contributed by atoms with Crippen LogP contribution in [-0.2, 0) is 4.74 Å². The van der Waals surface area contributed by atoms with Crippen molar-refractivity contribution in [1.82, 2.24) is 10.2 Å². The second-order valence-electron chi connectivity index (χ2n) is 3.45. The summed E-state index contributed by atoms with van der Waals surface area (Å²) in [4.78, 5) is 12.0. The molecule has 8 heteroatoms. The molecule has 0 amide bonds. The fourth-order valence-corrected chi connectivity index (χ4v) is 2.21. The van der Waals surface area contributed by atoms with Crippen LogP contribution >= 0.6 is 23.4 Å². The fraction of sp³-hybridized carbons (Fsp3) is 0.167. The summed E-state index contributed by atoms with van der Waals surface area (Å²) in [5.41, 5.74) is 0.387. The molecular weight excluding hydrogens is 302 g/mol. The molecule has 0 aliphatic carbocycles. The second-order valence-corrected chi connectivity index (χ2v) is 4.88. The lowest BCUT2D eigenvalue weighted by molar-refractivity contribution is 0.0475. The highest BCUT2D eigenvalue weighted by Crippen LogP contribution is 2.30. The van der Waals surface area contributed by atoms with Crippen LogP contribution in [0.2, 0.25) is 5.02 Å². The van der Waals surface area contributed by atoms with Gasteiger partial charge in [0.1, 0.15) is 6.07 Å². The number of hydrogen-bond acceptors (Lipinski definition) is 7. The molecule has 0 saturated heterocycles. The lowest BCUT2D eigenvalue weighted by Crippen LogP contribution is -2.04. The topological polar surface area (TPSA) is 89.0 Å². The predicted molar refractivity (Wildman–Crippen MR) is 70.5 cm³/mol. The molecule has 0 radical (unpaired) electrons. The van der Waals surface area contributed by atoms with Crippen LogP contribution < -0.4 is 0 Å². The number of benzene rings is 1. The van der Waals surface area contributed by atoms with Crippen LogP contribution in [0.5, 0.6) is 0 Å². The summed E-state index contributed by atoms with van der Waals surface area (Å²) in [5, 5.41) is 16.9. The van der Waals surface area contributed by atoms with E-state index in [1.54, 1.807) is 19.1 Å². The van der Waals surface area contributed by atoms with Crippen molar-refractivity contribution in [3.8, 4) is 6.07 Å². The Balaban J connectivity index is 2.19. The van der Waals surface area contributed by atoms with Gasteiger partial charge in [0.2, 0.25) is 0 Å². The Labute approximate surface area is 123 Å². The molecule has 1 aromatic carbocycles. The van der Waals surface area contributed by atoms with E-state index in [9.17, 15) is 4.79 Å². The number of ether oxygens (including phenoxy) is 1. The molecule has 2 rings (SSSR count). The lowest BCUT2D eigenvalue weighted by Gasteiger charge is -2.00. The molecule has 6 nitrogen and oxygen atoms in total. The average molecular weight is 310 g/mol. The van der Waals surface area contributed by atoms with Crippen molar-refractivity contribution in [2.75, 3.05) is 6.61 Å². The van der Waals surface area contributed by atoms with Gasteiger partial charge in [-0.2, -0.15) is 5.26 Å². The maximum absolute atomic E-state index is 11.4. The zero-order valence-corrected chi connectivity index (χ0v) is 11.9. The second kappa shape index (κ2) is 6.41. The molecule has 1 aromatic heterocycles. The van der Waals surface area contributed by atoms with Gasteiger partial charge in [0.05, 0.1) is 12.2 Å². The van der Waals surface area contributed by atoms with Crippen LogP contribution in [0.1, 0.15) is 23.2 Å². The summed E-state index contributed by atoms with van der Waals surface area (Å²) in [6, 6.07) is 6.87. The smallest absolute Gasteiger partial charge is 0.396 e. The number of hydrogen-bond donors (Lipinski definition) is 0. The molecule has 0 fully saturated rings. The first-order chi connectivity index (χ1) is 9.63. The van der Waals surface area contributed by atoms with Crippen molar-refractivity contribution in [3.63, 3.8) is 0 Å². The maximum Gasteiger partial charge on any atom is 0.396 e. The largest absolute Gasteiger partial charge is 0.459 e. The molecule has 0 bridgehead atoms. The normalized spacial score (nSPS) is 10.1. The minimum atomic E-state index is -0.677. The fourth-order valence-electron chi connectivity index (χ4n) is 1.30. The molecule has 0 unspecified atom stereocenters. The van der Waals surface area contributed by atoms with Crippen molar-refractivity contribution in [2.24, 2.45) is 0 Å². The van der Waals surface area contributed by atoms with E-state index >= 15 is 0 Å². The number of carbonyl (C=O) groups is 1. The van der Waals surface area contributed by atoms with Crippen LogP contribution in [0.3, 0.4) is 0 Å². The number of carbonyl (C=O) groups excluding carboxylic acids is 1. The molecule has 0 aliphatic rings. The third-order valence-corrected chi connectivity index (χ3v) is 3.27. The third kappa shape index (κ3) is 3.29. The first kappa shape index (κ1) is 14.4. The average Bonchev–Trinajstić information content (AvgIpc) is 2.89. The van der Waals surface area contributed by atoms with Crippen molar-refractivity contribution < 1.29 is 13.9 Å². The van der Waals surface area contributed by atoms with Gasteiger partial charge in [0, 0.05) is 9.92 Å². The molecule has 0 atom stereocenters. The molecule has 102 valence electrons. The Bertz CT molecular complexity index is 681. The van der Waals surface area contributed by atoms with E-state index in [1.807, 2.05) is 6.07 Å². The summed E-state index contributed by atoms with van der Waals surface area (Å²) >= 11 is 6.88. The number of esters is 1. The zero-order valence-electron chi connectivity index (χ0n) is 10.3.